The maximum Gasteiger partial charge on any atom is 0.275 e. The molecule has 1 heterocycles. The van der Waals surface area contributed by atoms with Crippen LogP contribution in [0.3, 0.4) is 0 Å². The Kier molecular flexibility index (Phi) is 5.14. The van der Waals surface area contributed by atoms with Gasteiger partial charge in [-0.05, 0) is 47.5 Å². The molecule has 2 aromatic rings. The van der Waals surface area contributed by atoms with Crippen molar-refractivity contribution in [3.63, 3.8) is 0 Å². The zero-order valence-corrected chi connectivity index (χ0v) is 13.9. The SMILES string of the molecule is CCNc1cncc(C(=O)Nc2cc(Cl)c(C)cc2Br)n1. The summed E-state index contributed by atoms with van der Waals surface area (Å²) in [5, 5.41) is 6.36. The van der Waals surface area contributed by atoms with Crippen LogP contribution < -0.4 is 10.6 Å². The first-order chi connectivity index (χ1) is 10.0. The molecule has 1 aromatic carbocycles. The molecule has 0 aliphatic rings. The van der Waals surface area contributed by atoms with Gasteiger partial charge in [0, 0.05) is 16.0 Å². The third kappa shape index (κ3) is 3.92. The van der Waals surface area contributed by atoms with Crippen LogP contribution in [0.2, 0.25) is 5.02 Å². The summed E-state index contributed by atoms with van der Waals surface area (Å²) < 4.78 is 0.758. The molecule has 0 saturated heterocycles. The number of hydrogen-bond donors (Lipinski definition) is 2. The van der Waals surface area contributed by atoms with Crippen LogP contribution in [0.25, 0.3) is 0 Å². The van der Waals surface area contributed by atoms with Gasteiger partial charge < -0.3 is 10.6 Å². The van der Waals surface area contributed by atoms with Crippen molar-refractivity contribution in [3.05, 3.63) is 45.3 Å². The van der Waals surface area contributed by atoms with Crippen LogP contribution in [0.1, 0.15) is 23.0 Å². The number of aromatic nitrogens is 2. The number of carbonyl (C=O) groups excluding carboxylic acids is 1. The Bertz CT molecular complexity index is 678. The van der Waals surface area contributed by atoms with Crippen LogP contribution in [0, 0.1) is 6.92 Å². The van der Waals surface area contributed by atoms with Crippen molar-refractivity contribution in [1.82, 2.24) is 9.97 Å². The van der Waals surface area contributed by atoms with E-state index in [4.69, 9.17) is 11.6 Å². The van der Waals surface area contributed by atoms with Gasteiger partial charge in [0.25, 0.3) is 5.91 Å². The van der Waals surface area contributed by atoms with Crippen molar-refractivity contribution >= 4 is 44.9 Å². The Balaban J connectivity index is 2.22. The highest BCUT2D eigenvalue weighted by atomic mass is 79.9. The molecule has 1 aromatic heterocycles. The van der Waals surface area contributed by atoms with Crippen LogP contribution >= 0.6 is 27.5 Å². The van der Waals surface area contributed by atoms with E-state index in [1.54, 1.807) is 12.3 Å². The zero-order valence-electron chi connectivity index (χ0n) is 11.6. The lowest BCUT2D eigenvalue weighted by molar-refractivity contribution is 0.102. The molecule has 2 rings (SSSR count). The maximum atomic E-state index is 12.2. The molecule has 0 saturated carbocycles. The first-order valence-electron chi connectivity index (χ1n) is 6.34. The van der Waals surface area contributed by atoms with Gasteiger partial charge in [-0.15, -0.1) is 0 Å². The fourth-order valence-electron chi connectivity index (χ4n) is 1.67. The topological polar surface area (TPSA) is 66.9 Å². The van der Waals surface area contributed by atoms with E-state index in [9.17, 15) is 4.79 Å². The van der Waals surface area contributed by atoms with Crippen LogP contribution in [0.5, 0.6) is 0 Å². The number of carbonyl (C=O) groups is 1. The first kappa shape index (κ1) is 15.7. The third-order valence-electron chi connectivity index (χ3n) is 2.72. The number of anilines is 2. The molecule has 7 heteroatoms. The number of aryl methyl sites for hydroxylation is 1. The number of nitrogens with one attached hydrogen (secondary N) is 2. The van der Waals surface area contributed by atoms with Gasteiger partial charge in [-0.2, -0.15) is 0 Å². The smallest absolute Gasteiger partial charge is 0.275 e. The highest BCUT2D eigenvalue weighted by Gasteiger charge is 2.12. The Morgan fingerprint density at radius 3 is 2.86 bits per heavy atom. The largest absolute Gasteiger partial charge is 0.369 e. The lowest BCUT2D eigenvalue weighted by Crippen LogP contribution is -2.15. The molecule has 0 aliphatic carbocycles. The highest BCUT2D eigenvalue weighted by molar-refractivity contribution is 9.10. The fraction of sp³-hybridized carbons (Fsp3) is 0.214. The van der Waals surface area contributed by atoms with Gasteiger partial charge in [0.15, 0.2) is 0 Å². The number of hydrogen-bond acceptors (Lipinski definition) is 4. The quantitative estimate of drug-likeness (QED) is 0.858. The molecule has 0 spiro atoms. The van der Waals surface area contributed by atoms with Crippen molar-refractivity contribution in [2.75, 3.05) is 17.2 Å². The molecular weight excluding hydrogens is 356 g/mol. The van der Waals surface area contributed by atoms with Crippen molar-refractivity contribution in [2.24, 2.45) is 0 Å². The molecule has 21 heavy (non-hydrogen) atoms. The summed E-state index contributed by atoms with van der Waals surface area (Å²) in [6, 6.07) is 3.54. The van der Waals surface area contributed by atoms with Gasteiger partial charge in [0.05, 0.1) is 18.1 Å². The van der Waals surface area contributed by atoms with Crippen molar-refractivity contribution in [1.29, 1.82) is 0 Å². The molecule has 0 fully saturated rings. The Morgan fingerprint density at radius 2 is 2.14 bits per heavy atom. The van der Waals surface area contributed by atoms with E-state index >= 15 is 0 Å². The Hall–Kier alpha value is -1.66. The summed E-state index contributed by atoms with van der Waals surface area (Å²) in [6.45, 7) is 4.54. The molecule has 0 bridgehead atoms. The molecule has 5 nitrogen and oxygen atoms in total. The minimum Gasteiger partial charge on any atom is -0.369 e. The van der Waals surface area contributed by atoms with Gasteiger partial charge in [0.2, 0.25) is 0 Å². The minimum atomic E-state index is -0.345. The number of nitrogens with zero attached hydrogens (tertiary/aromatic N) is 2. The standard InChI is InChI=1S/C14H14BrClN4O/c1-3-18-13-7-17-6-12(19-13)14(21)20-11-5-10(16)8(2)4-9(11)15/h4-7H,3H2,1-2H3,(H,18,19)(H,20,21). The van der Waals surface area contributed by atoms with Gasteiger partial charge in [-0.3, -0.25) is 9.78 Å². The summed E-state index contributed by atoms with van der Waals surface area (Å²) in [4.78, 5) is 20.4. The molecule has 2 N–H and O–H groups in total. The Morgan fingerprint density at radius 1 is 1.38 bits per heavy atom. The summed E-state index contributed by atoms with van der Waals surface area (Å²) >= 11 is 9.47. The van der Waals surface area contributed by atoms with Crippen LogP contribution in [0.15, 0.2) is 29.0 Å². The third-order valence-corrected chi connectivity index (χ3v) is 3.78. The molecule has 0 atom stereocenters. The van der Waals surface area contributed by atoms with E-state index in [1.165, 1.54) is 6.20 Å². The van der Waals surface area contributed by atoms with E-state index in [0.717, 1.165) is 10.0 Å². The summed E-state index contributed by atoms with van der Waals surface area (Å²) in [7, 11) is 0. The normalized spacial score (nSPS) is 10.3. The molecule has 0 unspecified atom stereocenters. The maximum absolute atomic E-state index is 12.2. The second kappa shape index (κ2) is 6.87. The average molecular weight is 370 g/mol. The first-order valence-corrected chi connectivity index (χ1v) is 7.51. The molecule has 1 amide bonds. The van der Waals surface area contributed by atoms with E-state index < -0.39 is 0 Å². The molecule has 110 valence electrons. The van der Waals surface area contributed by atoms with Crippen LogP contribution in [-0.4, -0.2) is 22.4 Å². The number of halogens is 2. The number of amides is 1. The second-order valence-corrected chi connectivity index (χ2v) is 5.62. The lowest BCUT2D eigenvalue weighted by atomic mass is 10.2. The van der Waals surface area contributed by atoms with Crippen molar-refractivity contribution in [3.8, 4) is 0 Å². The zero-order chi connectivity index (χ0) is 15.4. The molecule has 0 radical (unpaired) electrons. The summed E-state index contributed by atoms with van der Waals surface area (Å²) in [5.74, 6) is 0.217. The fourth-order valence-corrected chi connectivity index (χ4v) is 2.39. The van der Waals surface area contributed by atoms with E-state index in [1.807, 2.05) is 19.9 Å². The summed E-state index contributed by atoms with van der Waals surface area (Å²) in [5.41, 5.74) is 1.75. The van der Waals surface area contributed by atoms with Gasteiger partial charge >= 0.3 is 0 Å². The monoisotopic (exact) mass is 368 g/mol. The number of benzene rings is 1. The van der Waals surface area contributed by atoms with Gasteiger partial charge in [0.1, 0.15) is 11.5 Å². The molecule has 0 aliphatic heterocycles. The van der Waals surface area contributed by atoms with Crippen LogP contribution in [0.4, 0.5) is 11.5 Å². The summed E-state index contributed by atoms with van der Waals surface area (Å²) in [6.07, 6.45) is 2.98. The lowest BCUT2D eigenvalue weighted by Gasteiger charge is -2.10. The van der Waals surface area contributed by atoms with E-state index in [0.29, 0.717) is 23.1 Å². The Labute approximate surface area is 136 Å². The average Bonchev–Trinajstić information content (AvgIpc) is 2.45. The van der Waals surface area contributed by atoms with Crippen molar-refractivity contribution < 1.29 is 4.79 Å². The minimum absolute atomic E-state index is 0.233. The second-order valence-electron chi connectivity index (χ2n) is 4.36. The predicted molar refractivity (Wildman–Crippen MR) is 88.0 cm³/mol. The highest BCUT2D eigenvalue weighted by Crippen LogP contribution is 2.29. The number of rotatable bonds is 4. The molecular formula is C14H14BrClN4O. The van der Waals surface area contributed by atoms with E-state index in [2.05, 4.69) is 36.5 Å². The van der Waals surface area contributed by atoms with Crippen LogP contribution in [-0.2, 0) is 0 Å². The van der Waals surface area contributed by atoms with E-state index in [-0.39, 0.29) is 11.6 Å². The predicted octanol–water partition coefficient (Wildman–Crippen LogP) is 3.89. The van der Waals surface area contributed by atoms with Gasteiger partial charge in [-0.25, -0.2) is 4.98 Å². The van der Waals surface area contributed by atoms with Crippen molar-refractivity contribution in [2.45, 2.75) is 13.8 Å². The van der Waals surface area contributed by atoms with Gasteiger partial charge in [-0.1, -0.05) is 11.6 Å².